The fourth-order valence-electron chi connectivity index (χ4n) is 2.45. The molecule has 0 aromatic heterocycles. The van der Waals surface area contributed by atoms with Gasteiger partial charge in [-0.15, -0.1) is 0 Å². The molecular weight excluding hydrogens is 174 g/mol. The first-order chi connectivity index (χ1) is 6.45. The maximum absolute atomic E-state index is 11.4. The van der Waals surface area contributed by atoms with E-state index < -0.39 is 0 Å². The number of hydrogen-bond donors (Lipinski definition) is 1. The maximum atomic E-state index is 11.4. The standard InChI is InChI=1S/C12H23NO/c1-12(2,3)10-6-4-9(5-7-10)11(14)8-13/h9-10H,4-8,13H2,1-3H3. The second-order valence-electron chi connectivity index (χ2n) is 5.59. The number of carbonyl (C=O) groups is 1. The van der Waals surface area contributed by atoms with Crippen molar-refractivity contribution in [2.45, 2.75) is 46.5 Å². The first-order valence-corrected chi connectivity index (χ1v) is 5.68. The number of Topliss-reactive ketones (excluding diaryl/α,β-unsaturated/α-hetero) is 1. The van der Waals surface area contributed by atoms with Gasteiger partial charge in [-0.25, -0.2) is 0 Å². The maximum Gasteiger partial charge on any atom is 0.149 e. The summed E-state index contributed by atoms with van der Waals surface area (Å²) in [5.74, 6) is 1.31. The zero-order chi connectivity index (χ0) is 10.8. The molecule has 1 fully saturated rings. The van der Waals surface area contributed by atoms with E-state index in [0.717, 1.165) is 18.8 Å². The molecule has 0 aliphatic heterocycles. The summed E-state index contributed by atoms with van der Waals surface area (Å²) in [4.78, 5) is 11.4. The molecule has 0 aromatic carbocycles. The van der Waals surface area contributed by atoms with Crippen LogP contribution in [-0.2, 0) is 4.79 Å². The third-order valence-corrected chi connectivity index (χ3v) is 3.61. The molecule has 2 heteroatoms. The van der Waals surface area contributed by atoms with Crippen LogP contribution in [0.5, 0.6) is 0 Å². The Kier molecular flexibility index (Phi) is 3.71. The molecule has 0 spiro atoms. The van der Waals surface area contributed by atoms with Crippen LogP contribution in [0.1, 0.15) is 46.5 Å². The quantitative estimate of drug-likeness (QED) is 0.738. The summed E-state index contributed by atoms with van der Waals surface area (Å²) in [7, 11) is 0. The van der Waals surface area contributed by atoms with Gasteiger partial charge in [-0.3, -0.25) is 4.79 Å². The van der Waals surface area contributed by atoms with Gasteiger partial charge >= 0.3 is 0 Å². The van der Waals surface area contributed by atoms with E-state index in [4.69, 9.17) is 5.73 Å². The van der Waals surface area contributed by atoms with E-state index in [9.17, 15) is 4.79 Å². The van der Waals surface area contributed by atoms with Gasteiger partial charge in [0.15, 0.2) is 0 Å². The Morgan fingerprint density at radius 3 is 2.07 bits per heavy atom. The highest BCUT2D eigenvalue weighted by atomic mass is 16.1. The van der Waals surface area contributed by atoms with E-state index in [1.54, 1.807) is 0 Å². The predicted molar refractivity (Wildman–Crippen MR) is 59.0 cm³/mol. The average molecular weight is 197 g/mol. The minimum atomic E-state index is 0.227. The Morgan fingerprint density at radius 1 is 1.21 bits per heavy atom. The number of carbonyl (C=O) groups excluding carboxylic acids is 1. The zero-order valence-corrected chi connectivity index (χ0v) is 9.68. The number of hydrogen-bond acceptors (Lipinski definition) is 2. The van der Waals surface area contributed by atoms with E-state index in [1.165, 1.54) is 12.8 Å². The summed E-state index contributed by atoms with van der Waals surface area (Å²) >= 11 is 0. The summed E-state index contributed by atoms with van der Waals surface area (Å²) < 4.78 is 0. The summed E-state index contributed by atoms with van der Waals surface area (Å²) in [6.45, 7) is 7.11. The predicted octanol–water partition coefficient (Wildman–Crippen LogP) is 2.37. The molecule has 0 amide bonds. The van der Waals surface area contributed by atoms with E-state index >= 15 is 0 Å². The molecule has 2 nitrogen and oxygen atoms in total. The minimum Gasteiger partial charge on any atom is -0.324 e. The molecule has 0 atom stereocenters. The number of rotatable bonds is 2. The molecule has 0 bridgehead atoms. The Hall–Kier alpha value is -0.370. The number of nitrogens with two attached hydrogens (primary N) is 1. The molecule has 0 unspecified atom stereocenters. The SMILES string of the molecule is CC(C)(C)C1CCC(C(=O)CN)CC1. The van der Waals surface area contributed by atoms with Crippen molar-refractivity contribution in [3.05, 3.63) is 0 Å². The lowest BCUT2D eigenvalue weighted by molar-refractivity contribution is -0.123. The van der Waals surface area contributed by atoms with Crippen LogP contribution in [0.25, 0.3) is 0 Å². The van der Waals surface area contributed by atoms with E-state index in [1.807, 2.05) is 0 Å². The van der Waals surface area contributed by atoms with Crippen LogP contribution in [0.3, 0.4) is 0 Å². The normalized spacial score (nSPS) is 28.9. The van der Waals surface area contributed by atoms with Gasteiger partial charge in [0, 0.05) is 5.92 Å². The van der Waals surface area contributed by atoms with Gasteiger partial charge in [-0.1, -0.05) is 20.8 Å². The number of ketones is 1. The van der Waals surface area contributed by atoms with Crippen molar-refractivity contribution < 1.29 is 4.79 Å². The molecule has 1 aliphatic carbocycles. The second kappa shape index (κ2) is 4.43. The van der Waals surface area contributed by atoms with Gasteiger partial charge in [0.05, 0.1) is 6.54 Å². The summed E-state index contributed by atoms with van der Waals surface area (Å²) in [6, 6.07) is 0. The first kappa shape index (κ1) is 11.7. The van der Waals surface area contributed by atoms with Crippen LogP contribution < -0.4 is 5.73 Å². The fraction of sp³-hybridized carbons (Fsp3) is 0.917. The highest BCUT2D eigenvalue weighted by molar-refractivity contribution is 5.82. The highest BCUT2D eigenvalue weighted by Gasteiger charge is 2.31. The largest absolute Gasteiger partial charge is 0.324 e. The van der Waals surface area contributed by atoms with E-state index in [2.05, 4.69) is 20.8 Å². The van der Waals surface area contributed by atoms with Crippen molar-refractivity contribution in [3.8, 4) is 0 Å². The Morgan fingerprint density at radius 2 is 1.71 bits per heavy atom. The lowest BCUT2D eigenvalue weighted by Crippen LogP contribution is -2.31. The smallest absolute Gasteiger partial charge is 0.149 e. The lowest BCUT2D eigenvalue weighted by Gasteiger charge is -2.36. The van der Waals surface area contributed by atoms with Crippen molar-refractivity contribution in [2.24, 2.45) is 23.0 Å². The third-order valence-electron chi connectivity index (χ3n) is 3.61. The van der Waals surface area contributed by atoms with E-state index in [0.29, 0.717) is 5.41 Å². The first-order valence-electron chi connectivity index (χ1n) is 5.68. The van der Waals surface area contributed by atoms with Crippen molar-refractivity contribution >= 4 is 5.78 Å². The van der Waals surface area contributed by atoms with Gasteiger partial charge in [0.2, 0.25) is 0 Å². The Labute approximate surface area is 87.2 Å². The summed E-state index contributed by atoms with van der Waals surface area (Å²) in [5.41, 5.74) is 5.77. The van der Waals surface area contributed by atoms with Crippen molar-refractivity contribution in [1.82, 2.24) is 0 Å². The molecule has 0 heterocycles. The van der Waals surface area contributed by atoms with Crippen LogP contribution in [0.15, 0.2) is 0 Å². The van der Waals surface area contributed by atoms with Crippen LogP contribution in [0, 0.1) is 17.3 Å². The van der Waals surface area contributed by atoms with Gasteiger partial charge < -0.3 is 5.73 Å². The zero-order valence-electron chi connectivity index (χ0n) is 9.68. The van der Waals surface area contributed by atoms with Gasteiger partial charge in [-0.2, -0.15) is 0 Å². The molecule has 2 N–H and O–H groups in total. The minimum absolute atomic E-state index is 0.227. The second-order valence-corrected chi connectivity index (χ2v) is 5.59. The van der Waals surface area contributed by atoms with E-state index in [-0.39, 0.29) is 18.2 Å². The van der Waals surface area contributed by atoms with Crippen molar-refractivity contribution in [3.63, 3.8) is 0 Å². The summed E-state index contributed by atoms with van der Waals surface area (Å²) in [5, 5.41) is 0. The van der Waals surface area contributed by atoms with Crippen molar-refractivity contribution in [1.29, 1.82) is 0 Å². The van der Waals surface area contributed by atoms with Crippen LogP contribution in [0.2, 0.25) is 0 Å². The lowest BCUT2D eigenvalue weighted by atomic mass is 9.69. The van der Waals surface area contributed by atoms with Gasteiger partial charge in [0.25, 0.3) is 0 Å². The van der Waals surface area contributed by atoms with Gasteiger partial charge in [-0.05, 0) is 37.0 Å². The molecule has 0 radical (unpaired) electrons. The fourth-order valence-corrected chi connectivity index (χ4v) is 2.45. The Balaban J connectivity index is 2.43. The third kappa shape index (κ3) is 2.81. The highest BCUT2D eigenvalue weighted by Crippen LogP contribution is 2.39. The van der Waals surface area contributed by atoms with Crippen LogP contribution in [0.4, 0.5) is 0 Å². The molecular formula is C12H23NO. The van der Waals surface area contributed by atoms with Crippen molar-refractivity contribution in [2.75, 3.05) is 6.54 Å². The molecule has 14 heavy (non-hydrogen) atoms. The topological polar surface area (TPSA) is 43.1 Å². The molecule has 0 saturated heterocycles. The Bertz CT molecular complexity index is 197. The average Bonchev–Trinajstić information content (AvgIpc) is 2.15. The summed E-state index contributed by atoms with van der Waals surface area (Å²) in [6.07, 6.45) is 4.50. The van der Waals surface area contributed by atoms with Crippen LogP contribution >= 0.6 is 0 Å². The van der Waals surface area contributed by atoms with Gasteiger partial charge in [0.1, 0.15) is 5.78 Å². The molecule has 1 aliphatic rings. The molecule has 82 valence electrons. The van der Waals surface area contributed by atoms with Crippen LogP contribution in [-0.4, -0.2) is 12.3 Å². The monoisotopic (exact) mass is 197 g/mol. The molecule has 1 rings (SSSR count). The molecule has 1 saturated carbocycles. The molecule has 0 aromatic rings.